The summed E-state index contributed by atoms with van der Waals surface area (Å²) in [6.07, 6.45) is 1.79. The van der Waals surface area contributed by atoms with Crippen LogP contribution in [-0.2, 0) is 0 Å². The number of H-pyrrole nitrogens is 1. The fraction of sp³-hybridized carbons (Fsp3) is 0.304. The van der Waals surface area contributed by atoms with Gasteiger partial charge >= 0.3 is 0 Å². The van der Waals surface area contributed by atoms with Crippen molar-refractivity contribution in [2.75, 3.05) is 30.3 Å². The largest absolute Gasteiger partial charge is 0.383 e. The van der Waals surface area contributed by atoms with Crippen LogP contribution in [0.5, 0.6) is 0 Å². The molecule has 1 aliphatic heterocycles. The van der Waals surface area contributed by atoms with E-state index in [0.717, 1.165) is 38.5 Å². The van der Waals surface area contributed by atoms with Crippen LogP contribution in [0.15, 0.2) is 42.6 Å². The number of hydrogen-bond donors (Lipinski definition) is 3. The highest BCUT2D eigenvalue weighted by molar-refractivity contribution is 7.99. The number of halogens is 1. The minimum absolute atomic E-state index is 0.191. The molecule has 4 aromatic rings. The molecule has 4 N–H and O–H groups in total. The molecule has 30 heavy (non-hydrogen) atoms. The molecule has 1 aliphatic rings. The molecule has 1 saturated heterocycles. The van der Waals surface area contributed by atoms with Crippen LogP contribution in [0.3, 0.4) is 0 Å². The second kappa shape index (κ2) is 9.02. The average molecular weight is 424 g/mol. The van der Waals surface area contributed by atoms with Gasteiger partial charge in [-0.25, -0.2) is 9.37 Å². The van der Waals surface area contributed by atoms with Crippen molar-refractivity contribution in [3.8, 4) is 11.1 Å². The van der Waals surface area contributed by atoms with E-state index in [1.54, 1.807) is 18.3 Å². The zero-order valence-electron chi connectivity index (χ0n) is 17.2. The smallest absolute Gasteiger partial charge is 0.131 e. The Morgan fingerprint density at radius 1 is 1.07 bits per heavy atom. The number of nitrogen functional groups attached to an aromatic ring is 1. The van der Waals surface area contributed by atoms with E-state index in [4.69, 9.17) is 5.73 Å². The Balaban J connectivity index is 0.000000313. The highest BCUT2D eigenvalue weighted by Gasteiger charge is 2.18. The number of thioether (sulfide) groups is 1. The van der Waals surface area contributed by atoms with Crippen molar-refractivity contribution in [2.45, 2.75) is 19.8 Å². The summed E-state index contributed by atoms with van der Waals surface area (Å²) in [6, 6.07) is 10.5. The van der Waals surface area contributed by atoms with Gasteiger partial charge in [-0.05, 0) is 41.1 Å². The van der Waals surface area contributed by atoms with Crippen molar-refractivity contribution in [2.24, 2.45) is 0 Å². The third-order valence-corrected chi connectivity index (χ3v) is 6.13. The molecule has 5 rings (SSSR count). The van der Waals surface area contributed by atoms with Gasteiger partial charge in [-0.15, -0.1) is 0 Å². The van der Waals surface area contributed by atoms with Crippen molar-refractivity contribution < 1.29 is 4.39 Å². The number of aromatic nitrogens is 3. The van der Waals surface area contributed by atoms with Crippen LogP contribution in [0.25, 0.3) is 32.8 Å². The molecular weight excluding hydrogens is 397 g/mol. The Morgan fingerprint density at radius 2 is 1.80 bits per heavy atom. The maximum Gasteiger partial charge on any atom is 0.131 e. The molecule has 7 heteroatoms. The predicted molar refractivity (Wildman–Crippen MR) is 125 cm³/mol. The molecular formula is C23H26FN5S. The van der Waals surface area contributed by atoms with Gasteiger partial charge in [0.25, 0.3) is 0 Å². The van der Waals surface area contributed by atoms with Gasteiger partial charge in [-0.2, -0.15) is 16.9 Å². The minimum atomic E-state index is -0.255. The topological polar surface area (TPSA) is 79.6 Å². The van der Waals surface area contributed by atoms with Gasteiger partial charge in [0.1, 0.15) is 11.6 Å². The molecule has 2 aromatic heterocycles. The van der Waals surface area contributed by atoms with E-state index in [0.29, 0.717) is 5.82 Å². The lowest BCUT2D eigenvalue weighted by atomic mass is 9.92. The Bertz CT molecular complexity index is 1140. The van der Waals surface area contributed by atoms with Gasteiger partial charge in [0.15, 0.2) is 0 Å². The summed E-state index contributed by atoms with van der Waals surface area (Å²) in [5, 5.41) is 13.2. The van der Waals surface area contributed by atoms with Crippen molar-refractivity contribution in [1.82, 2.24) is 20.5 Å². The van der Waals surface area contributed by atoms with Gasteiger partial charge in [0.05, 0.1) is 17.4 Å². The van der Waals surface area contributed by atoms with E-state index >= 15 is 0 Å². The molecule has 0 aliphatic carbocycles. The van der Waals surface area contributed by atoms with Crippen LogP contribution in [0.4, 0.5) is 10.2 Å². The van der Waals surface area contributed by atoms with Crippen LogP contribution in [0.2, 0.25) is 0 Å². The van der Waals surface area contributed by atoms with Gasteiger partial charge in [-0.1, -0.05) is 26.0 Å². The Kier molecular flexibility index (Phi) is 6.20. The van der Waals surface area contributed by atoms with E-state index in [2.05, 4.69) is 40.4 Å². The summed E-state index contributed by atoms with van der Waals surface area (Å²) in [5.41, 5.74) is 9.98. The SMILES string of the molecule is C1CSCCN1.CC(C)c1nc(N)c2cc3[nH]ncc3cc2c1-c1ccc(F)cc1. The third kappa shape index (κ3) is 4.27. The van der Waals surface area contributed by atoms with Crippen LogP contribution >= 0.6 is 11.8 Å². The molecule has 0 unspecified atom stereocenters. The first-order chi connectivity index (χ1) is 14.5. The lowest BCUT2D eigenvalue weighted by Crippen LogP contribution is -2.24. The molecule has 0 bridgehead atoms. The van der Waals surface area contributed by atoms with Gasteiger partial charge in [0.2, 0.25) is 0 Å². The van der Waals surface area contributed by atoms with Crippen molar-refractivity contribution >= 4 is 39.3 Å². The van der Waals surface area contributed by atoms with E-state index in [9.17, 15) is 4.39 Å². The lowest BCUT2D eigenvalue weighted by Gasteiger charge is -2.17. The summed E-state index contributed by atoms with van der Waals surface area (Å²) in [6.45, 7) is 6.59. The van der Waals surface area contributed by atoms with E-state index in [1.807, 2.05) is 17.8 Å². The van der Waals surface area contributed by atoms with Gasteiger partial charge in [0, 0.05) is 40.9 Å². The number of nitrogens with two attached hydrogens (primary N) is 1. The van der Waals surface area contributed by atoms with E-state index < -0.39 is 0 Å². The summed E-state index contributed by atoms with van der Waals surface area (Å²) in [4.78, 5) is 4.64. The first-order valence-corrected chi connectivity index (χ1v) is 11.3. The number of fused-ring (bicyclic) bond motifs is 2. The highest BCUT2D eigenvalue weighted by Crippen LogP contribution is 2.38. The molecule has 1 fully saturated rings. The molecule has 0 atom stereocenters. The monoisotopic (exact) mass is 423 g/mol. The van der Waals surface area contributed by atoms with Crippen LogP contribution < -0.4 is 11.1 Å². The first-order valence-electron chi connectivity index (χ1n) is 10.1. The number of pyridine rings is 1. The standard InChI is InChI=1S/C19H17FN4.C4H9NS/c1-10(2)18-17(11-3-5-13(20)6-4-11)14-7-12-9-22-24-16(12)8-15(14)19(21)23-18;1-3-6-4-2-5-1/h3-10H,1-2H3,(H2,21,23)(H,22,24);5H,1-4H2. The van der Waals surface area contributed by atoms with Crippen LogP contribution in [0.1, 0.15) is 25.5 Å². The van der Waals surface area contributed by atoms with Crippen molar-refractivity contribution in [1.29, 1.82) is 0 Å². The zero-order valence-corrected chi connectivity index (χ0v) is 18.0. The van der Waals surface area contributed by atoms with E-state index in [1.165, 1.54) is 36.7 Å². The minimum Gasteiger partial charge on any atom is -0.383 e. The van der Waals surface area contributed by atoms with Gasteiger partial charge in [-0.3, -0.25) is 5.10 Å². The molecule has 0 spiro atoms. The molecule has 5 nitrogen and oxygen atoms in total. The molecule has 2 aromatic carbocycles. The molecule has 156 valence electrons. The number of aromatic amines is 1. The number of rotatable bonds is 2. The van der Waals surface area contributed by atoms with Crippen molar-refractivity contribution in [3.63, 3.8) is 0 Å². The number of benzene rings is 2. The fourth-order valence-electron chi connectivity index (χ4n) is 3.65. The average Bonchev–Trinajstić information content (AvgIpc) is 3.22. The van der Waals surface area contributed by atoms with Crippen LogP contribution in [0, 0.1) is 5.82 Å². The third-order valence-electron chi connectivity index (χ3n) is 5.15. The summed E-state index contributed by atoms with van der Waals surface area (Å²) in [7, 11) is 0. The molecule has 0 saturated carbocycles. The van der Waals surface area contributed by atoms with Crippen LogP contribution in [-0.4, -0.2) is 39.8 Å². The van der Waals surface area contributed by atoms with Crippen molar-refractivity contribution in [3.05, 3.63) is 54.1 Å². The second-order valence-electron chi connectivity index (χ2n) is 7.64. The Hall–Kier alpha value is -2.64. The quantitative estimate of drug-likeness (QED) is 0.425. The summed E-state index contributed by atoms with van der Waals surface area (Å²) in [5.74, 6) is 3.04. The highest BCUT2D eigenvalue weighted by atomic mass is 32.2. The summed E-state index contributed by atoms with van der Waals surface area (Å²) < 4.78 is 13.4. The Morgan fingerprint density at radius 3 is 2.40 bits per heavy atom. The second-order valence-corrected chi connectivity index (χ2v) is 8.86. The molecule has 0 amide bonds. The maximum atomic E-state index is 13.4. The predicted octanol–water partition coefficient (Wildman–Crippen LogP) is 4.95. The zero-order chi connectivity index (χ0) is 21.1. The number of nitrogens with zero attached hydrogens (tertiary/aromatic N) is 2. The first kappa shape index (κ1) is 20.6. The van der Waals surface area contributed by atoms with Gasteiger partial charge < -0.3 is 11.1 Å². The Labute approximate surface area is 179 Å². The normalized spacial score (nSPS) is 14.1. The molecule has 3 heterocycles. The van der Waals surface area contributed by atoms with E-state index in [-0.39, 0.29) is 11.7 Å². The summed E-state index contributed by atoms with van der Waals surface area (Å²) >= 11 is 2.03. The number of nitrogens with one attached hydrogen (secondary N) is 2. The maximum absolute atomic E-state index is 13.4. The number of hydrogen-bond acceptors (Lipinski definition) is 5. The number of anilines is 1. The molecule has 0 radical (unpaired) electrons. The fourth-order valence-corrected chi connectivity index (χ4v) is 4.43. The lowest BCUT2D eigenvalue weighted by molar-refractivity contribution is 0.628.